The zero-order valence-corrected chi connectivity index (χ0v) is 13.4. The second kappa shape index (κ2) is 6.41. The van der Waals surface area contributed by atoms with E-state index >= 15 is 0 Å². The zero-order valence-electron chi connectivity index (χ0n) is 12.6. The molecule has 0 aliphatic carbocycles. The first-order valence-electron chi connectivity index (χ1n) is 6.74. The maximum Gasteiger partial charge on any atom is 0.138 e. The zero-order chi connectivity index (χ0) is 14.6. The minimum absolute atomic E-state index is 0.151. The summed E-state index contributed by atoms with van der Waals surface area (Å²) in [4.78, 5) is 5.48. The van der Waals surface area contributed by atoms with Gasteiger partial charge in [-0.2, -0.15) is 5.10 Å². The molecule has 108 valence electrons. The van der Waals surface area contributed by atoms with E-state index < -0.39 is 0 Å². The first-order valence-corrected chi connectivity index (χ1v) is 7.72. The van der Waals surface area contributed by atoms with Crippen LogP contribution in [0.25, 0.3) is 0 Å². The van der Waals surface area contributed by atoms with Gasteiger partial charge in [-0.05, 0) is 38.5 Å². The van der Waals surface area contributed by atoms with Gasteiger partial charge in [0.1, 0.15) is 12.2 Å². The van der Waals surface area contributed by atoms with E-state index in [2.05, 4.69) is 60.4 Å². The molecule has 0 atom stereocenters. The van der Waals surface area contributed by atoms with Gasteiger partial charge in [-0.15, -0.1) is 11.8 Å². The SMILES string of the molecule is Cn1ncnc1CSc1ccc(CNC(C)(C)C)cc1. The number of nitrogens with zero attached hydrogens (tertiary/aromatic N) is 3. The van der Waals surface area contributed by atoms with E-state index in [-0.39, 0.29) is 5.54 Å². The summed E-state index contributed by atoms with van der Waals surface area (Å²) in [5.74, 6) is 1.84. The summed E-state index contributed by atoms with van der Waals surface area (Å²) >= 11 is 1.78. The molecule has 0 saturated heterocycles. The van der Waals surface area contributed by atoms with Gasteiger partial charge in [0.05, 0.1) is 5.75 Å². The van der Waals surface area contributed by atoms with E-state index in [1.165, 1.54) is 10.5 Å². The van der Waals surface area contributed by atoms with Gasteiger partial charge in [-0.1, -0.05) is 12.1 Å². The van der Waals surface area contributed by atoms with Gasteiger partial charge >= 0.3 is 0 Å². The Morgan fingerprint density at radius 1 is 1.20 bits per heavy atom. The summed E-state index contributed by atoms with van der Waals surface area (Å²) < 4.78 is 1.81. The average molecular weight is 290 g/mol. The number of aromatic nitrogens is 3. The summed E-state index contributed by atoms with van der Waals surface area (Å²) in [6.45, 7) is 7.44. The monoisotopic (exact) mass is 290 g/mol. The minimum Gasteiger partial charge on any atom is -0.308 e. The van der Waals surface area contributed by atoms with Crippen molar-refractivity contribution in [3.63, 3.8) is 0 Å². The molecule has 0 amide bonds. The molecule has 0 spiro atoms. The largest absolute Gasteiger partial charge is 0.308 e. The van der Waals surface area contributed by atoms with Crippen LogP contribution in [0, 0.1) is 0 Å². The van der Waals surface area contributed by atoms with Crippen LogP contribution < -0.4 is 5.32 Å². The van der Waals surface area contributed by atoms with Crippen molar-refractivity contribution >= 4 is 11.8 Å². The number of benzene rings is 1. The van der Waals surface area contributed by atoms with E-state index in [1.54, 1.807) is 18.1 Å². The molecule has 0 radical (unpaired) electrons. The summed E-state index contributed by atoms with van der Waals surface area (Å²) in [6, 6.07) is 8.69. The maximum atomic E-state index is 4.23. The first-order chi connectivity index (χ1) is 9.44. The normalized spacial score (nSPS) is 11.8. The molecule has 1 aromatic carbocycles. The molecule has 2 aromatic rings. The maximum absolute atomic E-state index is 4.23. The van der Waals surface area contributed by atoms with E-state index in [1.807, 2.05) is 11.7 Å². The van der Waals surface area contributed by atoms with E-state index in [4.69, 9.17) is 0 Å². The van der Waals surface area contributed by atoms with Crippen molar-refractivity contribution in [2.45, 2.75) is 43.5 Å². The van der Waals surface area contributed by atoms with Crippen molar-refractivity contribution in [1.82, 2.24) is 20.1 Å². The van der Waals surface area contributed by atoms with Gasteiger partial charge in [-0.3, -0.25) is 4.68 Å². The van der Waals surface area contributed by atoms with Crippen molar-refractivity contribution in [1.29, 1.82) is 0 Å². The fraction of sp³-hybridized carbons (Fsp3) is 0.467. The van der Waals surface area contributed by atoms with Crippen LogP contribution in [0.2, 0.25) is 0 Å². The van der Waals surface area contributed by atoms with Gasteiger partial charge in [-0.25, -0.2) is 4.98 Å². The van der Waals surface area contributed by atoms with Crippen LogP contribution in [0.15, 0.2) is 35.5 Å². The Morgan fingerprint density at radius 3 is 2.45 bits per heavy atom. The van der Waals surface area contributed by atoms with Crippen molar-refractivity contribution in [2.75, 3.05) is 0 Å². The molecule has 5 heteroatoms. The highest BCUT2D eigenvalue weighted by Crippen LogP contribution is 2.22. The van der Waals surface area contributed by atoms with Crippen LogP contribution in [0.1, 0.15) is 32.2 Å². The second-order valence-electron chi connectivity index (χ2n) is 5.84. The van der Waals surface area contributed by atoms with Crippen LogP contribution in [0.3, 0.4) is 0 Å². The molecule has 1 heterocycles. The van der Waals surface area contributed by atoms with E-state index in [0.717, 1.165) is 18.1 Å². The molecule has 0 bridgehead atoms. The summed E-state index contributed by atoms with van der Waals surface area (Å²) in [5.41, 5.74) is 1.46. The van der Waals surface area contributed by atoms with Gasteiger partial charge in [0.15, 0.2) is 0 Å². The molecule has 0 aliphatic rings. The van der Waals surface area contributed by atoms with Crippen molar-refractivity contribution in [3.05, 3.63) is 42.0 Å². The number of rotatable bonds is 5. The second-order valence-corrected chi connectivity index (χ2v) is 6.88. The van der Waals surface area contributed by atoms with E-state index in [0.29, 0.717) is 0 Å². The van der Waals surface area contributed by atoms with Crippen LogP contribution in [-0.2, 0) is 19.3 Å². The average Bonchev–Trinajstić information content (AvgIpc) is 2.80. The molecule has 1 N–H and O–H groups in total. The Morgan fingerprint density at radius 2 is 1.90 bits per heavy atom. The fourth-order valence-corrected chi connectivity index (χ4v) is 2.56. The van der Waals surface area contributed by atoms with Gasteiger partial charge in [0, 0.05) is 24.0 Å². The number of hydrogen-bond donors (Lipinski definition) is 1. The van der Waals surface area contributed by atoms with Crippen molar-refractivity contribution < 1.29 is 0 Å². The third kappa shape index (κ3) is 4.65. The van der Waals surface area contributed by atoms with Crippen LogP contribution in [0.4, 0.5) is 0 Å². The lowest BCUT2D eigenvalue weighted by atomic mass is 10.1. The molecule has 0 unspecified atom stereocenters. The lowest BCUT2D eigenvalue weighted by molar-refractivity contribution is 0.424. The summed E-state index contributed by atoms with van der Waals surface area (Å²) in [5, 5.41) is 7.57. The smallest absolute Gasteiger partial charge is 0.138 e. The molecule has 0 saturated carbocycles. The van der Waals surface area contributed by atoms with Crippen molar-refractivity contribution in [2.24, 2.45) is 7.05 Å². The topological polar surface area (TPSA) is 42.7 Å². The Hall–Kier alpha value is -1.33. The molecule has 0 fully saturated rings. The predicted molar refractivity (Wildman–Crippen MR) is 83.6 cm³/mol. The predicted octanol–water partition coefficient (Wildman–Crippen LogP) is 3.00. The highest BCUT2D eigenvalue weighted by molar-refractivity contribution is 7.98. The Balaban J connectivity index is 1.87. The fourth-order valence-electron chi connectivity index (χ4n) is 1.67. The number of hydrogen-bond acceptors (Lipinski definition) is 4. The molecular formula is C15H22N4S. The Kier molecular flexibility index (Phi) is 4.83. The minimum atomic E-state index is 0.151. The lowest BCUT2D eigenvalue weighted by Gasteiger charge is -2.20. The number of thioether (sulfide) groups is 1. The van der Waals surface area contributed by atoms with Crippen molar-refractivity contribution in [3.8, 4) is 0 Å². The van der Waals surface area contributed by atoms with E-state index in [9.17, 15) is 0 Å². The van der Waals surface area contributed by atoms with Gasteiger partial charge < -0.3 is 5.32 Å². The highest BCUT2D eigenvalue weighted by atomic mass is 32.2. The third-order valence-corrected chi connectivity index (χ3v) is 3.93. The summed E-state index contributed by atoms with van der Waals surface area (Å²) in [7, 11) is 1.92. The van der Waals surface area contributed by atoms with Crippen LogP contribution in [0.5, 0.6) is 0 Å². The number of nitrogens with one attached hydrogen (secondary N) is 1. The quantitative estimate of drug-likeness (QED) is 0.860. The van der Waals surface area contributed by atoms with Gasteiger partial charge in [0.25, 0.3) is 0 Å². The molecular weight excluding hydrogens is 268 g/mol. The summed E-state index contributed by atoms with van der Waals surface area (Å²) in [6.07, 6.45) is 1.59. The van der Waals surface area contributed by atoms with Crippen LogP contribution >= 0.6 is 11.8 Å². The molecule has 0 aliphatic heterocycles. The molecule has 1 aromatic heterocycles. The Bertz CT molecular complexity index is 540. The van der Waals surface area contributed by atoms with Crippen LogP contribution in [-0.4, -0.2) is 20.3 Å². The molecule has 2 rings (SSSR count). The lowest BCUT2D eigenvalue weighted by Crippen LogP contribution is -2.35. The van der Waals surface area contributed by atoms with Gasteiger partial charge in [0.2, 0.25) is 0 Å². The highest BCUT2D eigenvalue weighted by Gasteiger charge is 2.08. The molecule has 20 heavy (non-hydrogen) atoms. The molecule has 4 nitrogen and oxygen atoms in total. The Labute approximate surface area is 125 Å². The first kappa shape index (κ1) is 15.1. The number of aryl methyl sites for hydroxylation is 1. The standard InChI is InChI=1S/C15H22N4S/c1-15(2,3)17-9-12-5-7-13(8-6-12)20-10-14-16-11-18-19(14)4/h5-8,11,17H,9-10H2,1-4H3. The third-order valence-electron chi connectivity index (χ3n) is 2.92.